The number of H-pyrrole nitrogens is 1. The third-order valence-corrected chi connectivity index (χ3v) is 6.05. The normalized spacial score (nSPS) is 11.8. The van der Waals surface area contributed by atoms with E-state index in [4.69, 9.17) is 0 Å². The van der Waals surface area contributed by atoms with Crippen LogP contribution in [0, 0.1) is 19.8 Å². The van der Waals surface area contributed by atoms with E-state index in [-0.39, 0.29) is 28.6 Å². The Labute approximate surface area is 196 Å². The molecule has 172 valence electrons. The van der Waals surface area contributed by atoms with E-state index >= 15 is 0 Å². The van der Waals surface area contributed by atoms with Crippen LogP contribution < -0.4 is 16.2 Å². The number of anilines is 2. The van der Waals surface area contributed by atoms with Crippen molar-refractivity contribution in [3.63, 3.8) is 0 Å². The van der Waals surface area contributed by atoms with E-state index in [2.05, 4.69) is 25.8 Å². The number of amides is 2. The van der Waals surface area contributed by atoms with Crippen molar-refractivity contribution in [1.29, 1.82) is 0 Å². The van der Waals surface area contributed by atoms with Crippen molar-refractivity contribution in [2.45, 2.75) is 45.0 Å². The molecule has 1 aromatic heterocycles. The molecule has 1 atom stereocenters. The molecule has 0 radical (unpaired) electrons. The molecule has 8 nitrogen and oxygen atoms in total. The summed E-state index contributed by atoms with van der Waals surface area (Å²) in [7, 11) is 0. The monoisotopic (exact) mass is 465 g/mol. The molecule has 3 N–H and O–H groups in total. The van der Waals surface area contributed by atoms with Crippen LogP contribution in [0.15, 0.2) is 52.4 Å². The van der Waals surface area contributed by atoms with Crippen LogP contribution in [-0.4, -0.2) is 32.2 Å². The van der Waals surface area contributed by atoms with Crippen molar-refractivity contribution in [1.82, 2.24) is 15.2 Å². The molecule has 2 aromatic carbocycles. The number of benzene rings is 2. The zero-order chi connectivity index (χ0) is 24.1. The Bertz CT molecular complexity index is 1240. The minimum absolute atomic E-state index is 0.0891. The smallest absolute Gasteiger partial charge is 0.278 e. The third kappa shape index (κ3) is 6.07. The Balaban J connectivity index is 1.75. The molecule has 0 aliphatic carbocycles. The first-order valence-electron chi connectivity index (χ1n) is 10.6. The molecular formula is C24H27N5O3S. The number of nitrogens with zero attached hydrogens (tertiary/aromatic N) is 2. The summed E-state index contributed by atoms with van der Waals surface area (Å²) < 4.78 is 0. The van der Waals surface area contributed by atoms with E-state index in [0.29, 0.717) is 16.9 Å². The van der Waals surface area contributed by atoms with E-state index in [1.807, 2.05) is 32.0 Å². The first-order valence-corrected chi connectivity index (χ1v) is 11.5. The van der Waals surface area contributed by atoms with Gasteiger partial charge in [-0.2, -0.15) is 0 Å². The fourth-order valence-corrected chi connectivity index (χ4v) is 3.65. The van der Waals surface area contributed by atoms with Crippen molar-refractivity contribution in [3.05, 3.63) is 63.9 Å². The molecule has 0 aliphatic rings. The maximum atomic E-state index is 12.7. The minimum atomic E-state index is -0.514. The molecule has 0 fully saturated rings. The average molecular weight is 466 g/mol. The third-order valence-electron chi connectivity index (χ3n) is 5.07. The van der Waals surface area contributed by atoms with Gasteiger partial charge in [0.05, 0.1) is 10.9 Å². The summed E-state index contributed by atoms with van der Waals surface area (Å²) >= 11 is 1.10. The van der Waals surface area contributed by atoms with E-state index < -0.39 is 10.8 Å². The second-order valence-electron chi connectivity index (χ2n) is 8.05. The van der Waals surface area contributed by atoms with Gasteiger partial charge in [0.2, 0.25) is 11.8 Å². The highest BCUT2D eigenvalue weighted by Gasteiger charge is 2.19. The SMILES string of the molecule is Cc1ccc(NC(=O)[C@H](C)Sc2nnc(-c3ccccc3NC(=O)C(C)C)c(=O)[nH]2)cc1C. The number of rotatable bonds is 7. The topological polar surface area (TPSA) is 117 Å². The average Bonchev–Trinajstić information content (AvgIpc) is 2.77. The summed E-state index contributed by atoms with van der Waals surface area (Å²) in [6.45, 7) is 9.29. The van der Waals surface area contributed by atoms with Gasteiger partial charge in [-0.3, -0.25) is 19.4 Å². The largest absolute Gasteiger partial charge is 0.325 e. The molecule has 1 heterocycles. The summed E-state index contributed by atoms with van der Waals surface area (Å²) in [6, 6.07) is 12.6. The molecule has 2 amide bonds. The van der Waals surface area contributed by atoms with Crippen molar-refractivity contribution >= 4 is 35.0 Å². The highest BCUT2D eigenvalue weighted by molar-refractivity contribution is 8.00. The highest BCUT2D eigenvalue weighted by Crippen LogP contribution is 2.25. The number of nitrogens with one attached hydrogen (secondary N) is 3. The summed E-state index contributed by atoms with van der Waals surface area (Å²) in [6.07, 6.45) is 0. The molecule has 0 saturated carbocycles. The number of aromatic nitrogens is 3. The maximum Gasteiger partial charge on any atom is 0.278 e. The zero-order valence-corrected chi connectivity index (χ0v) is 20.0. The molecule has 3 aromatic rings. The summed E-state index contributed by atoms with van der Waals surface area (Å²) in [4.78, 5) is 40.1. The molecule has 9 heteroatoms. The summed E-state index contributed by atoms with van der Waals surface area (Å²) in [5.41, 5.74) is 3.53. The standard InChI is InChI=1S/C24H27N5O3S/c1-13(2)21(30)26-19-9-7-6-8-18(19)20-23(32)27-24(29-28-20)33-16(5)22(31)25-17-11-10-14(3)15(4)12-17/h6-13,16H,1-5H3,(H,25,31)(H,26,30)(H,27,29,32)/t16-/m0/s1. The first kappa shape index (κ1) is 24.2. The van der Waals surface area contributed by atoms with Crippen LogP contribution in [0.2, 0.25) is 0 Å². The van der Waals surface area contributed by atoms with Crippen molar-refractivity contribution in [2.75, 3.05) is 10.6 Å². The molecule has 0 spiro atoms. The first-order chi connectivity index (χ1) is 15.7. The fraction of sp³-hybridized carbons (Fsp3) is 0.292. The van der Waals surface area contributed by atoms with Crippen LogP contribution in [0.5, 0.6) is 0 Å². The van der Waals surface area contributed by atoms with E-state index in [9.17, 15) is 14.4 Å². The lowest BCUT2D eigenvalue weighted by Gasteiger charge is -2.13. The van der Waals surface area contributed by atoms with Gasteiger partial charge in [-0.05, 0) is 50.1 Å². The fourth-order valence-electron chi connectivity index (χ4n) is 2.91. The van der Waals surface area contributed by atoms with Crippen LogP contribution in [-0.2, 0) is 9.59 Å². The number of aromatic amines is 1. The van der Waals surface area contributed by atoms with Gasteiger partial charge in [0.1, 0.15) is 0 Å². The lowest BCUT2D eigenvalue weighted by Crippen LogP contribution is -2.24. The molecule has 0 aliphatic heterocycles. The zero-order valence-electron chi connectivity index (χ0n) is 19.2. The summed E-state index contributed by atoms with van der Waals surface area (Å²) in [5, 5.41) is 13.6. The van der Waals surface area contributed by atoms with Gasteiger partial charge in [-0.15, -0.1) is 10.2 Å². The van der Waals surface area contributed by atoms with Gasteiger partial charge < -0.3 is 10.6 Å². The number of carbonyl (C=O) groups excluding carboxylic acids is 2. The van der Waals surface area contributed by atoms with Crippen molar-refractivity contribution < 1.29 is 9.59 Å². The second-order valence-corrected chi connectivity index (χ2v) is 9.38. The van der Waals surface area contributed by atoms with E-state index in [1.165, 1.54) is 0 Å². The summed E-state index contributed by atoms with van der Waals surface area (Å²) in [5.74, 6) is -0.586. The quantitative estimate of drug-likeness (QED) is 0.451. The maximum absolute atomic E-state index is 12.7. The second kappa shape index (κ2) is 10.4. The van der Waals surface area contributed by atoms with Crippen LogP contribution in [0.4, 0.5) is 11.4 Å². The van der Waals surface area contributed by atoms with Gasteiger partial charge in [0.25, 0.3) is 5.56 Å². The Morgan fingerprint density at radius 2 is 1.67 bits per heavy atom. The lowest BCUT2D eigenvalue weighted by atomic mass is 10.1. The van der Waals surface area contributed by atoms with Gasteiger partial charge in [0, 0.05) is 17.2 Å². The lowest BCUT2D eigenvalue weighted by molar-refractivity contribution is -0.119. The minimum Gasteiger partial charge on any atom is -0.325 e. The molecular weight excluding hydrogens is 438 g/mol. The van der Waals surface area contributed by atoms with Gasteiger partial charge >= 0.3 is 0 Å². The van der Waals surface area contributed by atoms with Crippen LogP contribution in [0.3, 0.4) is 0 Å². The van der Waals surface area contributed by atoms with Crippen molar-refractivity contribution in [3.8, 4) is 11.3 Å². The number of thioether (sulfide) groups is 1. The highest BCUT2D eigenvalue weighted by atomic mass is 32.2. The van der Waals surface area contributed by atoms with Crippen LogP contribution in [0.25, 0.3) is 11.3 Å². The van der Waals surface area contributed by atoms with E-state index in [0.717, 1.165) is 22.9 Å². The number of hydrogen-bond acceptors (Lipinski definition) is 6. The predicted molar refractivity (Wildman–Crippen MR) is 131 cm³/mol. The van der Waals surface area contributed by atoms with Gasteiger partial charge in [0.15, 0.2) is 10.9 Å². The Morgan fingerprint density at radius 3 is 2.33 bits per heavy atom. The molecule has 0 unspecified atom stereocenters. The number of aryl methyl sites for hydroxylation is 2. The number of carbonyl (C=O) groups is 2. The van der Waals surface area contributed by atoms with Gasteiger partial charge in [-0.25, -0.2) is 0 Å². The van der Waals surface area contributed by atoms with Gasteiger partial charge in [-0.1, -0.05) is 49.9 Å². The molecule has 3 rings (SSSR count). The van der Waals surface area contributed by atoms with Crippen LogP contribution >= 0.6 is 11.8 Å². The molecule has 33 heavy (non-hydrogen) atoms. The Hall–Kier alpha value is -3.46. The Kier molecular flexibility index (Phi) is 7.65. The molecule has 0 bridgehead atoms. The number of hydrogen-bond donors (Lipinski definition) is 3. The Morgan fingerprint density at radius 1 is 0.939 bits per heavy atom. The predicted octanol–water partition coefficient (Wildman–Crippen LogP) is 4.16. The van der Waals surface area contributed by atoms with E-state index in [1.54, 1.807) is 45.0 Å². The van der Waals surface area contributed by atoms with Crippen LogP contribution in [0.1, 0.15) is 31.9 Å². The molecule has 0 saturated heterocycles. The van der Waals surface area contributed by atoms with Crippen molar-refractivity contribution in [2.24, 2.45) is 5.92 Å². The number of para-hydroxylation sites is 1.